The molecule has 2 heterocycles. The lowest BCUT2D eigenvalue weighted by atomic mass is 9.90. The molecule has 0 N–H and O–H groups in total. The van der Waals surface area contributed by atoms with Gasteiger partial charge in [-0.3, -0.25) is 4.90 Å². The molecule has 5 nitrogen and oxygen atoms in total. The fourth-order valence-corrected chi connectivity index (χ4v) is 5.41. The molecular formula is C33H36N4O. The second kappa shape index (κ2) is 12.2. The molecule has 0 saturated carbocycles. The maximum atomic E-state index is 9.04. The Kier molecular flexibility index (Phi) is 8.33. The van der Waals surface area contributed by atoms with Crippen LogP contribution in [-0.4, -0.2) is 42.1 Å². The fraction of sp³-hybridized carbons (Fsp3) is 0.333. The number of nitriles is 1. The van der Waals surface area contributed by atoms with Crippen molar-refractivity contribution in [1.82, 2.24) is 15.0 Å². The van der Waals surface area contributed by atoms with Gasteiger partial charge in [0.25, 0.3) is 0 Å². The van der Waals surface area contributed by atoms with E-state index in [9.17, 15) is 0 Å². The molecule has 1 aliphatic heterocycles. The molecule has 1 aromatic heterocycles. The number of aromatic nitrogens is 1. The molecule has 0 radical (unpaired) electrons. The molecule has 0 unspecified atom stereocenters. The van der Waals surface area contributed by atoms with Crippen molar-refractivity contribution in [2.45, 2.75) is 38.8 Å². The first-order valence-corrected chi connectivity index (χ1v) is 13.6. The minimum atomic E-state index is 0.670. The van der Waals surface area contributed by atoms with Gasteiger partial charge in [-0.1, -0.05) is 65.8 Å². The zero-order valence-corrected chi connectivity index (χ0v) is 22.4. The Balaban J connectivity index is 1.25. The smallest absolute Gasteiger partial charge is 0.172 e. The third-order valence-corrected chi connectivity index (χ3v) is 7.57. The highest BCUT2D eigenvalue weighted by molar-refractivity contribution is 5.87. The maximum Gasteiger partial charge on any atom is 0.172 e. The van der Waals surface area contributed by atoms with E-state index in [1.165, 1.54) is 31.5 Å². The second-order valence-electron chi connectivity index (χ2n) is 10.7. The van der Waals surface area contributed by atoms with Gasteiger partial charge in [0, 0.05) is 24.0 Å². The first-order chi connectivity index (χ1) is 18.6. The molecule has 0 spiro atoms. The quantitative estimate of drug-likeness (QED) is 0.235. The normalized spacial score (nSPS) is 15.0. The van der Waals surface area contributed by atoms with Gasteiger partial charge in [-0.2, -0.15) is 5.26 Å². The molecule has 5 rings (SSSR count). The Hall–Kier alpha value is -3.72. The van der Waals surface area contributed by atoms with Gasteiger partial charge in [0.2, 0.25) is 0 Å². The van der Waals surface area contributed by atoms with Crippen molar-refractivity contribution >= 4 is 23.1 Å². The number of nitrogens with zero attached hydrogens (tertiary/aromatic N) is 4. The fourth-order valence-electron chi connectivity index (χ4n) is 5.41. The van der Waals surface area contributed by atoms with Gasteiger partial charge in [0.1, 0.15) is 0 Å². The van der Waals surface area contributed by atoms with Crippen LogP contribution in [0.15, 0.2) is 71.3 Å². The third kappa shape index (κ3) is 6.39. The molecular weight excluding hydrogens is 468 g/mol. The van der Waals surface area contributed by atoms with Gasteiger partial charge < -0.3 is 9.42 Å². The Bertz CT molecular complexity index is 1410. The Morgan fingerprint density at radius 1 is 1.00 bits per heavy atom. The summed E-state index contributed by atoms with van der Waals surface area (Å²) in [6.45, 7) is 4.17. The van der Waals surface area contributed by atoms with E-state index >= 15 is 0 Å². The van der Waals surface area contributed by atoms with E-state index in [-0.39, 0.29) is 0 Å². The van der Waals surface area contributed by atoms with Crippen LogP contribution in [0.3, 0.4) is 0 Å². The molecule has 5 heteroatoms. The number of hydrogen-bond acceptors (Lipinski definition) is 5. The van der Waals surface area contributed by atoms with Crippen LogP contribution in [0.5, 0.6) is 0 Å². The number of benzene rings is 3. The van der Waals surface area contributed by atoms with Gasteiger partial charge in [-0.05, 0) is 93.7 Å². The molecule has 0 atom stereocenters. The number of fused-ring (bicyclic) bond motifs is 1. The summed E-state index contributed by atoms with van der Waals surface area (Å²) < 4.78 is 5.97. The van der Waals surface area contributed by atoms with Crippen molar-refractivity contribution in [2.24, 2.45) is 5.92 Å². The Labute approximate surface area is 226 Å². The summed E-state index contributed by atoms with van der Waals surface area (Å²) in [5.41, 5.74) is 7.40. The zero-order chi connectivity index (χ0) is 26.3. The lowest BCUT2D eigenvalue weighted by Gasteiger charge is -2.31. The predicted molar refractivity (Wildman–Crippen MR) is 154 cm³/mol. The molecule has 4 aromatic rings. The minimum Gasteiger partial charge on any atom is -0.356 e. The summed E-state index contributed by atoms with van der Waals surface area (Å²) in [4.78, 5) is 4.75. The molecule has 1 fully saturated rings. The molecule has 0 bridgehead atoms. The van der Waals surface area contributed by atoms with E-state index in [1.807, 2.05) is 24.3 Å². The van der Waals surface area contributed by atoms with E-state index < -0.39 is 0 Å². The van der Waals surface area contributed by atoms with E-state index in [1.54, 1.807) is 0 Å². The number of likely N-dealkylation sites (tertiary alicyclic amines) is 1. The van der Waals surface area contributed by atoms with E-state index in [0.29, 0.717) is 5.56 Å². The van der Waals surface area contributed by atoms with Crippen LogP contribution in [0, 0.1) is 17.2 Å². The van der Waals surface area contributed by atoms with E-state index in [0.717, 1.165) is 65.2 Å². The Morgan fingerprint density at radius 3 is 2.47 bits per heavy atom. The lowest BCUT2D eigenvalue weighted by molar-refractivity contribution is 0.172. The molecule has 1 aliphatic rings. The largest absolute Gasteiger partial charge is 0.356 e. The average Bonchev–Trinajstić information content (AvgIpc) is 3.36. The van der Waals surface area contributed by atoms with Crippen LogP contribution in [0.4, 0.5) is 0 Å². The molecule has 0 aliphatic carbocycles. The van der Waals surface area contributed by atoms with Crippen molar-refractivity contribution in [3.8, 4) is 6.07 Å². The topological polar surface area (TPSA) is 56.3 Å². The highest BCUT2D eigenvalue weighted by atomic mass is 16.5. The first-order valence-electron chi connectivity index (χ1n) is 13.6. The average molecular weight is 505 g/mol. The van der Waals surface area contributed by atoms with Crippen LogP contribution in [0.1, 0.15) is 52.8 Å². The SMILES string of the molecule is CN(C)Cc1c(/C=C\c2ccc(C#N)cc2)ccc2c(CCC3CCN(Cc4ccccc4)CC3)noc12. The van der Waals surface area contributed by atoms with Crippen LogP contribution in [-0.2, 0) is 19.5 Å². The number of aryl methyl sites for hydroxylation is 1. The monoisotopic (exact) mass is 504 g/mol. The van der Waals surface area contributed by atoms with Gasteiger partial charge in [-0.25, -0.2) is 0 Å². The highest BCUT2D eigenvalue weighted by Gasteiger charge is 2.21. The van der Waals surface area contributed by atoms with Gasteiger partial charge in [-0.15, -0.1) is 0 Å². The molecule has 194 valence electrons. The summed E-state index contributed by atoms with van der Waals surface area (Å²) in [6.07, 6.45) is 8.83. The molecule has 38 heavy (non-hydrogen) atoms. The van der Waals surface area contributed by atoms with Crippen molar-refractivity contribution in [3.05, 3.63) is 100 Å². The van der Waals surface area contributed by atoms with Gasteiger partial charge in [0.05, 0.1) is 17.3 Å². The van der Waals surface area contributed by atoms with Crippen LogP contribution >= 0.6 is 0 Å². The van der Waals surface area contributed by atoms with E-state index in [2.05, 4.69) is 89.7 Å². The lowest BCUT2D eigenvalue weighted by Crippen LogP contribution is -2.33. The van der Waals surface area contributed by atoms with Crippen molar-refractivity contribution < 1.29 is 4.52 Å². The summed E-state index contributed by atoms with van der Waals surface area (Å²) >= 11 is 0. The summed E-state index contributed by atoms with van der Waals surface area (Å²) in [5, 5.41) is 14.7. The standard InChI is InChI=1S/C33H36N4O/c1-36(2)24-31-29(14-12-25-8-10-27(22-34)11-9-25)15-16-30-32(35-38-33(30)31)17-13-26-18-20-37(21-19-26)23-28-6-4-3-5-7-28/h3-12,14-16,26H,13,17-21,23-24H2,1-2H3/b14-12-. The number of hydrogen-bond donors (Lipinski definition) is 0. The molecule has 1 saturated heterocycles. The highest BCUT2D eigenvalue weighted by Crippen LogP contribution is 2.30. The maximum absolute atomic E-state index is 9.04. The van der Waals surface area contributed by atoms with Crippen LogP contribution in [0.2, 0.25) is 0 Å². The first kappa shape index (κ1) is 25.9. The summed E-state index contributed by atoms with van der Waals surface area (Å²) in [6, 6.07) is 24.9. The third-order valence-electron chi connectivity index (χ3n) is 7.57. The number of piperidine rings is 1. The molecule has 3 aromatic carbocycles. The second-order valence-corrected chi connectivity index (χ2v) is 10.7. The molecule has 0 amide bonds. The van der Waals surface area contributed by atoms with Crippen molar-refractivity contribution in [1.29, 1.82) is 5.26 Å². The minimum absolute atomic E-state index is 0.670. The zero-order valence-electron chi connectivity index (χ0n) is 22.4. The van der Waals surface area contributed by atoms with Crippen molar-refractivity contribution in [2.75, 3.05) is 27.2 Å². The van der Waals surface area contributed by atoms with Crippen LogP contribution < -0.4 is 0 Å². The predicted octanol–water partition coefficient (Wildman–Crippen LogP) is 6.78. The Morgan fingerprint density at radius 2 is 1.76 bits per heavy atom. The summed E-state index contributed by atoms with van der Waals surface area (Å²) in [5.74, 6) is 0.740. The summed E-state index contributed by atoms with van der Waals surface area (Å²) in [7, 11) is 4.16. The number of rotatable bonds is 9. The van der Waals surface area contributed by atoms with E-state index in [4.69, 9.17) is 9.78 Å². The van der Waals surface area contributed by atoms with Gasteiger partial charge >= 0.3 is 0 Å². The van der Waals surface area contributed by atoms with Crippen LogP contribution in [0.25, 0.3) is 23.1 Å². The van der Waals surface area contributed by atoms with Gasteiger partial charge in [0.15, 0.2) is 5.58 Å². The van der Waals surface area contributed by atoms with Crippen molar-refractivity contribution in [3.63, 3.8) is 0 Å².